The summed E-state index contributed by atoms with van der Waals surface area (Å²) in [6.45, 7) is 6.17. The van der Waals surface area contributed by atoms with Crippen LogP contribution in [0.4, 0.5) is 4.39 Å². The molecule has 1 atom stereocenters. The van der Waals surface area contributed by atoms with Crippen molar-refractivity contribution in [1.29, 1.82) is 0 Å². The van der Waals surface area contributed by atoms with E-state index < -0.39 is 5.82 Å². The molecule has 19 heavy (non-hydrogen) atoms. The summed E-state index contributed by atoms with van der Waals surface area (Å²) < 4.78 is 13.2. The number of benzene rings is 2. The molecular formula is C16H17ClFN. The largest absolute Gasteiger partial charge is 0.320 e. The lowest BCUT2D eigenvalue weighted by atomic mass is 9.92. The lowest BCUT2D eigenvalue weighted by Gasteiger charge is -2.17. The first-order valence-corrected chi connectivity index (χ1v) is 6.56. The fraction of sp³-hybridized carbons (Fsp3) is 0.250. The maximum absolute atomic E-state index is 13.2. The Balaban J connectivity index is 2.46. The highest BCUT2D eigenvalue weighted by atomic mass is 35.5. The van der Waals surface area contributed by atoms with Crippen molar-refractivity contribution in [3.05, 3.63) is 69.0 Å². The second-order valence-electron chi connectivity index (χ2n) is 4.94. The van der Waals surface area contributed by atoms with Gasteiger partial charge in [-0.25, -0.2) is 4.39 Å². The predicted molar refractivity (Wildman–Crippen MR) is 78.1 cm³/mol. The van der Waals surface area contributed by atoms with E-state index in [1.807, 2.05) is 6.92 Å². The average Bonchev–Trinajstić information content (AvgIpc) is 2.36. The van der Waals surface area contributed by atoms with Gasteiger partial charge in [-0.3, -0.25) is 0 Å². The highest BCUT2D eigenvalue weighted by molar-refractivity contribution is 6.30. The first kappa shape index (κ1) is 14.0. The van der Waals surface area contributed by atoms with Gasteiger partial charge in [-0.05, 0) is 60.7 Å². The second kappa shape index (κ2) is 5.32. The molecule has 2 N–H and O–H groups in total. The summed E-state index contributed by atoms with van der Waals surface area (Å²) in [5.41, 5.74) is 11.7. The number of halogens is 2. The highest BCUT2D eigenvalue weighted by Gasteiger charge is 2.14. The molecule has 3 heteroatoms. The molecule has 2 aromatic carbocycles. The highest BCUT2D eigenvalue weighted by Crippen LogP contribution is 2.27. The third kappa shape index (κ3) is 2.80. The molecule has 1 unspecified atom stereocenters. The van der Waals surface area contributed by atoms with Crippen molar-refractivity contribution in [2.45, 2.75) is 26.8 Å². The van der Waals surface area contributed by atoms with E-state index in [-0.39, 0.29) is 11.1 Å². The van der Waals surface area contributed by atoms with E-state index in [4.69, 9.17) is 17.3 Å². The van der Waals surface area contributed by atoms with Crippen molar-refractivity contribution in [3.63, 3.8) is 0 Å². The van der Waals surface area contributed by atoms with Gasteiger partial charge in [0.15, 0.2) is 0 Å². The monoisotopic (exact) mass is 277 g/mol. The maximum Gasteiger partial charge on any atom is 0.141 e. The summed E-state index contributed by atoms with van der Waals surface area (Å²) in [5, 5.41) is 0.106. The van der Waals surface area contributed by atoms with Crippen LogP contribution in [0.5, 0.6) is 0 Å². The van der Waals surface area contributed by atoms with Crippen molar-refractivity contribution in [2.24, 2.45) is 5.73 Å². The van der Waals surface area contributed by atoms with Gasteiger partial charge >= 0.3 is 0 Å². The molecular weight excluding hydrogens is 261 g/mol. The van der Waals surface area contributed by atoms with E-state index in [1.165, 1.54) is 17.2 Å². The summed E-state index contributed by atoms with van der Waals surface area (Å²) in [7, 11) is 0. The van der Waals surface area contributed by atoms with Gasteiger partial charge in [0, 0.05) is 0 Å². The van der Waals surface area contributed by atoms with Crippen LogP contribution in [0, 0.1) is 26.6 Å². The van der Waals surface area contributed by atoms with E-state index in [1.54, 1.807) is 12.1 Å². The molecule has 1 nitrogen and oxygen atoms in total. The summed E-state index contributed by atoms with van der Waals surface area (Å²) in [6.07, 6.45) is 0. The standard InChI is InChI=1S/C16H17ClFN/c1-9-6-11(3)13(7-10(9)2)16(19)12-4-5-15(18)14(17)8-12/h4-8,16H,19H2,1-3H3. The zero-order chi connectivity index (χ0) is 14.2. The normalized spacial score (nSPS) is 12.5. The van der Waals surface area contributed by atoms with Gasteiger partial charge < -0.3 is 5.73 Å². The third-order valence-electron chi connectivity index (χ3n) is 3.52. The molecule has 0 heterocycles. The van der Waals surface area contributed by atoms with Gasteiger partial charge in [-0.1, -0.05) is 29.8 Å². The van der Waals surface area contributed by atoms with Crippen LogP contribution in [-0.4, -0.2) is 0 Å². The summed E-state index contributed by atoms with van der Waals surface area (Å²) >= 11 is 5.81. The minimum Gasteiger partial charge on any atom is -0.320 e. The Morgan fingerprint density at radius 2 is 1.63 bits per heavy atom. The van der Waals surface area contributed by atoms with E-state index >= 15 is 0 Å². The molecule has 0 fully saturated rings. The zero-order valence-corrected chi connectivity index (χ0v) is 12.1. The molecule has 2 aromatic rings. The number of rotatable bonds is 2. The number of nitrogens with two attached hydrogens (primary N) is 1. The molecule has 0 saturated heterocycles. The van der Waals surface area contributed by atoms with Crippen LogP contribution in [0.15, 0.2) is 30.3 Å². The number of aryl methyl sites for hydroxylation is 3. The maximum atomic E-state index is 13.2. The molecule has 0 aliphatic rings. The van der Waals surface area contributed by atoms with Crippen LogP contribution in [0.3, 0.4) is 0 Å². The summed E-state index contributed by atoms with van der Waals surface area (Å²) in [5.74, 6) is -0.422. The molecule has 0 amide bonds. The Labute approximate surface area is 118 Å². The van der Waals surface area contributed by atoms with Crippen LogP contribution in [0.1, 0.15) is 33.9 Å². The lowest BCUT2D eigenvalue weighted by molar-refractivity contribution is 0.626. The molecule has 2 rings (SSSR count). The Morgan fingerprint density at radius 1 is 1.00 bits per heavy atom. The molecule has 0 saturated carbocycles. The molecule has 0 aliphatic carbocycles. The second-order valence-corrected chi connectivity index (χ2v) is 5.35. The van der Waals surface area contributed by atoms with Crippen molar-refractivity contribution in [2.75, 3.05) is 0 Å². The van der Waals surface area contributed by atoms with E-state index in [0.29, 0.717) is 0 Å². The fourth-order valence-electron chi connectivity index (χ4n) is 2.20. The SMILES string of the molecule is Cc1cc(C)c(C(N)c2ccc(F)c(Cl)c2)cc1C. The number of hydrogen-bond donors (Lipinski definition) is 1. The van der Waals surface area contributed by atoms with Crippen LogP contribution >= 0.6 is 11.6 Å². The van der Waals surface area contributed by atoms with Gasteiger partial charge in [-0.15, -0.1) is 0 Å². The first-order chi connectivity index (χ1) is 8.90. The van der Waals surface area contributed by atoms with E-state index in [9.17, 15) is 4.39 Å². The minimum atomic E-state index is -0.422. The molecule has 0 spiro atoms. The third-order valence-corrected chi connectivity index (χ3v) is 3.81. The van der Waals surface area contributed by atoms with E-state index in [2.05, 4.69) is 26.0 Å². The lowest BCUT2D eigenvalue weighted by Crippen LogP contribution is -2.14. The molecule has 0 aliphatic heterocycles. The Kier molecular flexibility index (Phi) is 3.93. The molecule has 0 radical (unpaired) electrons. The first-order valence-electron chi connectivity index (χ1n) is 6.18. The van der Waals surface area contributed by atoms with Crippen molar-refractivity contribution in [1.82, 2.24) is 0 Å². The molecule has 0 aromatic heterocycles. The van der Waals surface area contributed by atoms with Gasteiger partial charge in [0.1, 0.15) is 5.82 Å². The smallest absolute Gasteiger partial charge is 0.141 e. The van der Waals surface area contributed by atoms with Crippen LogP contribution in [-0.2, 0) is 0 Å². The van der Waals surface area contributed by atoms with Gasteiger partial charge in [0.25, 0.3) is 0 Å². The Morgan fingerprint density at radius 3 is 2.26 bits per heavy atom. The van der Waals surface area contributed by atoms with E-state index in [0.717, 1.165) is 16.7 Å². The Hall–Kier alpha value is -1.38. The predicted octanol–water partition coefficient (Wildman–Crippen LogP) is 4.45. The summed E-state index contributed by atoms with van der Waals surface area (Å²) in [6, 6.07) is 8.55. The summed E-state index contributed by atoms with van der Waals surface area (Å²) in [4.78, 5) is 0. The van der Waals surface area contributed by atoms with Crippen LogP contribution in [0.25, 0.3) is 0 Å². The topological polar surface area (TPSA) is 26.0 Å². The number of hydrogen-bond acceptors (Lipinski definition) is 1. The van der Waals surface area contributed by atoms with Gasteiger partial charge in [0.05, 0.1) is 11.1 Å². The van der Waals surface area contributed by atoms with Gasteiger partial charge in [0.2, 0.25) is 0 Å². The van der Waals surface area contributed by atoms with Crippen molar-refractivity contribution < 1.29 is 4.39 Å². The molecule has 0 bridgehead atoms. The van der Waals surface area contributed by atoms with Crippen LogP contribution < -0.4 is 5.73 Å². The van der Waals surface area contributed by atoms with Crippen molar-refractivity contribution in [3.8, 4) is 0 Å². The zero-order valence-electron chi connectivity index (χ0n) is 11.3. The van der Waals surface area contributed by atoms with Gasteiger partial charge in [-0.2, -0.15) is 0 Å². The molecule has 100 valence electrons. The quantitative estimate of drug-likeness (QED) is 0.862. The van der Waals surface area contributed by atoms with Crippen molar-refractivity contribution >= 4 is 11.6 Å². The minimum absolute atomic E-state index is 0.106. The fourth-order valence-corrected chi connectivity index (χ4v) is 2.39. The average molecular weight is 278 g/mol. The Bertz CT molecular complexity index is 622. The van der Waals surface area contributed by atoms with Crippen LogP contribution in [0.2, 0.25) is 5.02 Å².